The summed E-state index contributed by atoms with van der Waals surface area (Å²) in [6, 6.07) is 0.750. The molecule has 0 radical (unpaired) electrons. The second-order valence-corrected chi connectivity index (χ2v) is 5.17. The third-order valence-electron chi connectivity index (χ3n) is 3.77. The summed E-state index contributed by atoms with van der Waals surface area (Å²) in [4.78, 5) is 4.51. The van der Waals surface area contributed by atoms with Crippen molar-refractivity contribution < 1.29 is 0 Å². The average molecular weight is 235 g/mol. The van der Waals surface area contributed by atoms with E-state index in [-0.39, 0.29) is 0 Å². The molecule has 96 valence electrons. The van der Waals surface area contributed by atoms with Gasteiger partial charge in [-0.3, -0.25) is 0 Å². The highest BCUT2D eigenvalue weighted by Gasteiger charge is 2.25. The first-order valence-corrected chi connectivity index (χ1v) is 7.06. The molecule has 0 aliphatic heterocycles. The predicted molar refractivity (Wildman–Crippen MR) is 71.0 cm³/mol. The van der Waals surface area contributed by atoms with E-state index in [2.05, 4.69) is 34.9 Å². The lowest BCUT2D eigenvalue weighted by Crippen LogP contribution is -2.26. The second kappa shape index (κ2) is 6.20. The summed E-state index contributed by atoms with van der Waals surface area (Å²) in [5.41, 5.74) is 0. The third-order valence-corrected chi connectivity index (χ3v) is 3.77. The summed E-state index contributed by atoms with van der Waals surface area (Å²) in [5.74, 6) is 2.12. The minimum Gasteiger partial charge on any atom is -0.335 e. The normalized spacial score (nSPS) is 24.4. The molecule has 0 saturated heterocycles. The van der Waals surface area contributed by atoms with Gasteiger partial charge < -0.3 is 9.88 Å². The molecule has 2 unspecified atom stereocenters. The Balaban J connectivity index is 1.86. The van der Waals surface area contributed by atoms with Crippen molar-refractivity contribution in [3.63, 3.8) is 0 Å². The molecule has 1 heterocycles. The molecular formula is C14H25N3. The summed E-state index contributed by atoms with van der Waals surface area (Å²) in [6.07, 6.45) is 10.4. The first-order valence-electron chi connectivity index (χ1n) is 7.06. The molecule has 2 atom stereocenters. The maximum atomic E-state index is 4.51. The van der Waals surface area contributed by atoms with Crippen molar-refractivity contribution >= 4 is 0 Å². The number of nitrogens with one attached hydrogen (secondary N) is 1. The van der Waals surface area contributed by atoms with Gasteiger partial charge >= 0.3 is 0 Å². The Kier molecular flexibility index (Phi) is 4.60. The number of rotatable bonds is 6. The predicted octanol–water partition coefficient (Wildman–Crippen LogP) is 2.61. The van der Waals surface area contributed by atoms with E-state index in [1.54, 1.807) is 0 Å². The van der Waals surface area contributed by atoms with Gasteiger partial charge in [-0.05, 0) is 38.1 Å². The summed E-state index contributed by atoms with van der Waals surface area (Å²) in [6.45, 7) is 6.63. The van der Waals surface area contributed by atoms with Gasteiger partial charge in [-0.2, -0.15) is 0 Å². The van der Waals surface area contributed by atoms with Crippen LogP contribution in [0.1, 0.15) is 45.4 Å². The molecule has 0 aromatic carbocycles. The molecule has 0 spiro atoms. The fourth-order valence-electron chi connectivity index (χ4n) is 2.97. The molecule has 1 N–H and O–H groups in total. The summed E-state index contributed by atoms with van der Waals surface area (Å²) in [7, 11) is 0. The van der Waals surface area contributed by atoms with Gasteiger partial charge in [0.1, 0.15) is 5.82 Å². The Bertz CT molecular complexity index is 332. The summed E-state index contributed by atoms with van der Waals surface area (Å²) >= 11 is 0. The smallest absolute Gasteiger partial charge is 0.108 e. The van der Waals surface area contributed by atoms with Gasteiger partial charge in [-0.25, -0.2) is 4.98 Å². The molecule has 1 saturated carbocycles. The molecule has 1 aliphatic rings. The highest BCUT2D eigenvalue weighted by atomic mass is 15.1. The van der Waals surface area contributed by atoms with Crippen molar-refractivity contribution in [1.82, 2.24) is 14.9 Å². The quantitative estimate of drug-likeness (QED) is 0.821. The van der Waals surface area contributed by atoms with Gasteiger partial charge in [0, 0.05) is 31.4 Å². The molecule has 17 heavy (non-hydrogen) atoms. The highest BCUT2D eigenvalue weighted by molar-refractivity contribution is 4.96. The third kappa shape index (κ3) is 3.32. The van der Waals surface area contributed by atoms with Gasteiger partial charge in [0.2, 0.25) is 0 Å². The monoisotopic (exact) mass is 235 g/mol. The van der Waals surface area contributed by atoms with Crippen LogP contribution in [0.15, 0.2) is 12.4 Å². The fraction of sp³-hybridized carbons (Fsp3) is 0.786. The molecular weight excluding hydrogens is 210 g/mol. The number of aryl methyl sites for hydroxylation is 1. The highest BCUT2D eigenvalue weighted by Crippen LogP contribution is 2.28. The van der Waals surface area contributed by atoms with E-state index in [0.29, 0.717) is 0 Å². The Morgan fingerprint density at radius 2 is 2.29 bits per heavy atom. The zero-order valence-corrected chi connectivity index (χ0v) is 11.2. The van der Waals surface area contributed by atoms with Crippen LogP contribution in [-0.4, -0.2) is 22.1 Å². The van der Waals surface area contributed by atoms with Crippen molar-refractivity contribution in [3.05, 3.63) is 18.2 Å². The van der Waals surface area contributed by atoms with E-state index in [1.165, 1.54) is 31.5 Å². The molecule has 1 aliphatic carbocycles. The zero-order valence-electron chi connectivity index (χ0n) is 11.2. The molecule has 2 rings (SSSR count). The van der Waals surface area contributed by atoms with E-state index < -0.39 is 0 Å². The van der Waals surface area contributed by atoms with Gasteiger partial charge in [0.25, 0.3) is 0 Å². The number of hydrogen-bond acceptors (Lipinski definition) is 2. The largest absolute Gasteiger partial charge is 0.335 e. The fourth-order valence-corrected chi connectivity index (χ4v) is 2.97. The van der Waals surface area contributed by atoms with E-state index in [9.17, 15) is 0 Å². The van der Waals surface area contributed by atoms with Gasteiger partial charge in [-0.1, -0.05) is 13.8 Å². The lowest BCUT2D eigenvalue weighted by molar-refractivity contribution is 0.475. The topological polar surface area (TPSA) is 29.9 Å². The van der Waals surface area contributed by atoms with E-state index in [1.807, 2.05) is 6.20 Å². The SMILES string of the molecule is CCCn1ccnc1CC1CCC(NCC)C1. The molecule has 1 aromatic rings. The Morgan fingerprint density at radius 3 is 3.06 bits per heavy atom. The van der Waals surface area contributed by atoms with Crippen molar-refractivity contribution in [1.29, 1.82) is 0 Å². The van der Waals surface area contributed by atoms with Crippen LogP contribution in [0.5, 0.6) is 0 Å². The van der Waals surface area contributed by atoms with Gasteiger partial charge in [-0.15, -0.1) is 0 Å². The number of hydrogen-bond donors (Lipinski definition) is 1. The number of imidazole rings is 1. The lowest BCUT2D eigenvalue weighted by Gasteiger charge is -2.13. The number of aromatic nitrogens is 2. The van der Waals surface area contributed by atoms with E-state index in [4.69, 9.17) is 0 Å². The average Bonchev–Trinajstić information content (AvgIpc) is 2.91. The summed E-state index contributed by atoms with van der Waals surface area (Å²) in [5, 5.41) is 3.57. The van der Waals surface area contributed by atoms with E-state index >= 15 is 0 Å². The van der Waals surface area contributed by atoms with Crippen LogP contribution in [0.2, 0.25) is 0 Å². The maximum Gasteiger partial charge on any atom is 0.108 e. The molecule has 3 nitrogen and oxygen atoms in total. The van der Waals surface area contributed by atoms with Crippen LogP contribution >= 0.6 is 0 Å². The number of nitrogens with zero attached hydrogens (tertiary/aromatic N) is 2. The summed E-state index contributed by atoms with van der Waals surface area (Å²) < 4.78 is 2.32. The Morgan fingerprint density at radius 1 is 1.41 bits per heavy atom. The molecule has 3 heteroatoms. The maximum absolute atomic E-state index is 4.51. The minimum absolute atomic E-state index is 0.750. The van der Waals surface area contributed by atoms with Crippen molar-refractivity contribution in [2.75, 3.05) is 6.54 Å². The molecule has 1 aromatic heterocycles. The molecule has 0 bridgehead atoms. The van der Waals surface area contributed by atoms with Crippen molar-refractivity contribution in [3.8, 4) is 0 Å². The van der Waals surface area contributed by atoms with Crippen LogP contribution < -0.4 is 5.32 Å². The second-order valence-electron chi connectivity index (χ2n) is 5.17. The zero-order chi connectivity index (χ0) is 12.1. The molecule has 0 amide bonds. The lowest BCUT2D eigenvalue weighted by atomic mass is 10.0. The van der Waals surface area contributed by atoms with Gasteiger partial charge in [0.15, 0.2) is 0 Å². The standard InChI is InChI=1S/C14H25N3/c1-3-8-17-9-7-16-14(17)11-12-5-6-13(10-12)15-4-2/h7,9,12-13,15H,3-6,8,10-11H2,1-2H3. The minimum atomic E-state index is 0.750. The van der Waals surface area contributed by atoms with Crippen molar-refractivity contribution in [2.45, 2.75) is 58.5 Å². The van der Waals surface area contributed by atoms with Crippen LogP contribution in [0.4, 0.5) is 0 Å². The van der Waals surface area contributed by atoms with Crippen LogP contribution in [0, 0.1) is 5.92 Å². The Hall–Kier alpha value is -0.830. The first-order chi connectivity index (χ1) is 8.33. The van der Waals surface area contributed by atoms with Gasteiger partial charge in [0.05, 0.1) is 0 Å². The van der Waals surface area contributed by atoms with Crippen LogP contribution in [0.3, 0.4) is 0 Å². The van der Waals surface area contributed by atoms with Crippen LogP contribution in [0.25, 0.3) is 0 Å². The Labute approximate surface area is 105 Å². The van der Waals surface area contributed by atoms with Crippen molar-refractivity contribution in [2.24, 2.45) is 5.92 Å². The van der Waals surface area contributed by atoms with E-state index in [0.717, 1.165) is 31.5 Å². The van der Waals surface area contributed by atoms with Crippen LogP contribution in [-0.2, 0) is 13.0 Å². The molecule has 1 fully saturated rings. The first kappa shape index (κ1) is 12.6.